The Bertz CT molecular complexity index is 690. The van der Waals surface area contributed by atoms with Crippen molar-refractivity contribution in [3.8, 4) is 5.19 Å². The molecule has 0 aromatic carbocycles. The fraction of sp³-hybridized carbons (Fsp3) is 0.588. The first kappa shape index (κ1) is 18.7. The van der Waals surface area contributed by atoms with Crippen LogP contribution in [0.2, 0.25) is 0 Å². The molecule has 0 radical (unpaired) electrons. The summed E-state index contributed by atoms with van der Waals surface area (Å²) >= 11 is 1.30. The molecule has 1 atom stereocenters. The highest BCUT2D eigenvalue weighted by Gasteiger charge is 2.38. The number of rotatable bonds is 10. The average Bonchev–Trinajstić information content (AvgIpc) is 3.35. The lowest BCUT2D eigenvalue weighted by Crippen LogP contribution is -2.44. The van der Waals surface area contributed by atoms with Gasteiger partial charge in [-0.25, -0.2) is 9.69 Å². The highest BCUT2D eigenvalue weighted by Crippen LogP contribution is 2.30. The summed E-state index contributed by atoms with van der Waals surface area (Å²) in [6.45, 7) is 3.90. The van der Waals surface area contributed by atoms with Crippen molar-refractivity contribution < 1.29 is 13.9 Å². The van der Waals surface area contributed by atoms with E-state index in [4.69, 9.17) is 9.15 Å². The zero-order valence-electron chi connectivity index (χ0n) is 15.2. The molecular formula is C17H25N5O3S. The number of ether oxygens (including phenoxy) is 1. The van der Waals surface area contributed by atoms with Gasteiger partial charge in [-0.3, -0.25) is 5.32 Å². The van der Waals surface area contributed by atoms with E-state index in [-0.39, 0.29) is 12.2 Å². The van der Waals surface area contributed by atoms with Crippen LogP contribution >= 0.6 is 11.3 Å². The molecule has 2 aromatic heterocycles. The number of hydrogen-bond donors (Lipinski definition) is 1. The number of aromatic nitrogens is 2. The first-order chi connectivity index (χ1) is 12.7. The van der Waals surface area contributed by atoms with Gasteiger partial charge in [0.2, 0.25) is 5.13 Å². The Balaban J connectivity index is 1.58. The van der Waals surface area contributed by atoms with Crippen LogP contribution in [0, 0.1) is 0 Å². The molecular weight excluding hydrogens is 354 g/mol. The van der Waals surface area contributed by atoms with Gasteiger partial charge in [0.15, 0.2) is 0 Å². The Kier molecular flexibility index (Phi) is 6.45. The van der Waals surface area contributed by atoms with Crippen molar-refractivity contribution in [1.82, 2.24) is 20.4 Å². The Morgan fingerprint density at radius 2 is 2.27 bits per heavy atom. The van der Waals surface area contributed by atoms with Gasteiger partial charge in [0.1, 0.15) is 11.9 Å². The third-order valence-corrected chi connectivity index (χ3v) is 5.04. The van der Waals surface area contributed by atoms with Crippen LogP contribution in [0.25, 0.3) is 0 Å². The maximum absolute atomic E-state index is 12.5. The molecule has 1 fully saturated rings. The number of hydrogen-bond acceptors (Lipinski definition) is 7. The third kappa shape index (κ3) is 4.53. The van der Waals surface area contributed by atoms with Crippen LogP contribution in [-0.4, -0.2) is 47.5 Å². The molecule has 0 saturated carbocycles. The van der Waals surface area contributed by atoms with Crippen molar-refractivity contribution in [1.29, 1.82) is 0 Å². The molecule has 0 spiro atoms. The van der Waals surface area contributed by atoms with Gasteiger partial charge in [-0.1, -0.05) is 31.3 Å². The van der Waals surface area contributed by atoms with Crippen molar-refractivity contribution >= 4 is 22.5 Å². The predicted octanol–water partition coefficient (Wildman–Crippen LogP) is 3.08. The number of nitrogens with zero attached hydrogens (tertiary/aromatic N) is 4. The van der Waals surface area contributed by atoms with Crippen LogP contribution in [-0.2, 0) is 6.54 Å². The van der Waals surface area contributed by atoms with Crippen molar-refractivity contribution in [2.24, 2.45) is 0 Å². The number of carbonyl (C=O) groups excluding carboxylic acids is 1. The Hall–Kier alpha value is -2.13. The van der Waals surface area contributed by atoms with E-state index in [1.165, 1.54) is 24.2 Å². The Morgan fingerprint density at radius 1 is 1.38 bits per heavy atom. The van der Waals surface area contributed by atoms with E-state index in [0.717, 1.165) is 18.6 Å². The summed E-state index contributed by atoms with van der Waals surface area (Å²) in [5.74, 6) is 0.820. The van der Waals surface area contributed by atoms with Crippen molar-refractivity contribution in [3.05, 3.63) is 24.2 Å². The molecule has 2 amide bonds. The van der Waals surface area contributed by atoms with Crippen molar-refractivity contribution in [2.75, 3.05) is 25.1 Å². The van der Waals surface area contributed by atoms with E-state index >= 15 is 0 Å². The highest BCUT2D eigenvalue weighted by atomic mass is 32.1. The highest BCUT2D eigenvalue weighted by molar-refractivity contribution is 7.17. The van der Waals surface area contributed by atoms with Crippen molar-refractivity contribution in [2.45, 2.75) is 45.3 Å². The normalized spacial score (nSPS) is 17.3. The van der Waals surface area contributed by atoms with E-state index in [9.17, 15) is 4.79 Å². The molecule has 3 heterocycles. The maximum atomic E-state index is 12.5. The predicted molar refractivity (Wildman–Crippen MR) is 99.4 cm³/mol. The average molecular weight is 379 g/mol. The number of carbonyl (C=O) groups is 1. The summed E-state index contributed by atoms with van der Waals surface area (Å²) in [5.41, 5.74) is 0. The summed E-state index contributed by atoms with van der Waals surface area (Å²) in [7, 11) is 1.77. The van der Waals surface area contributed by atoms with Gasteiger partial charge in [-0.15, -0.1) is 5.10 Å². The zero-order valence-corrected chi connectivity index (χ0v) is 16.0. The van der Waals surface area contributed by atoms with Gasteiger partial charge < -0.3 is 14.1 Å². The molecule has 1 saturated heterocycles. The number of nitrogens with one attached hydrogen (secondary N) is 1. The number of anilines is 1. The van der Waals surface area contributed by atoms with Crippen molar-refractivity contribution in [3.63, 3.8) is 0 Å². The summed E-state index contributed by atoms with van der Waals surface area (Å²) < 4.78 is 11.0. The monoisotopic (exact) mass is 379 g/mol. The molecule has 1 N–H and O–H groups in total. The fourth-order valence-electron chi connectivity index (χ4n) is 2.79. The minimum Gasteiger partial charge on any atom is -0.469 e. The van der Waals surface area contributed by atoms with E-state index in [2.05, 4.69) is 22.4 Å². The van der Waals surface area contributed by atoms with Gasteiger partial charge in [-0.2, -0.15) is 0 Å². The summed E-state index contributed by atoms with van der Waals surface area (Å²) in [5, 5.41) is 12.6. The first-order valence-corrected chi connectivity index (χ1v) is 9.77. The maximum Gasteiger partial charge on any atom is 0.327 e. The zero-order chi connectivity index (χ0) is 18.4. The second-order valence-electron chi connectivity index (χ2n) is 6.27. The van der Waals surface area contributed by atoms with Gasteiger partial charge in [0, 0.05) is 7.05 Å². The largest absolute Gasteiger partial charge is 0.469 e. The van der Waals surface area contributed by atoms with E-state index in [1.807, 2.05) is 12.1 Å². The minimum atomic E-state index is -0.192. The lowest BCUT2D eigenvalue weighted by Gasteiger charge is -2.20. The topological polar surface area (TPSA) is 83.7 Å². The third-order valence-electron chi connectivity index (χ3n) is 4.21. The number of urea groups is 1. The summed E-state index contributed by atoms with van der Waals surface area (Å²) in [4.78, 5) is 15.8. The van der Waals surface area contributed by atoms with Crippen LogP contribution < -0.4 is 15.0 Å². The quantitative estimate of drug-likeness (QED) is 0.639. The molecule has 3 rings (SSSR count). The van der Waals surface area contributed by atoms with E-state index < -0.39 is 0 Å². The summed E-state index contributed by atoms with van der Waals surface area (Å²) in [6, 6.07) is 3.63. The molecule has 9 heteroatoms. The Morgan fingerprint density at radius 3 is 3.04 bits per heavy atom. The molecule has 26 heavy (non-hydrogen) atoms. The standard InChI is InChI=1S/C17H25N5O3S/c1-3-4-5-6-9-25-16-20-19-15(26-16)22-14(12-21(2)17(22)23)18-11-13-8-7-10-24-13/h7-8,10,14,18H,3-6,9,11-12H2,1-2H3. The number of likely N-dealkylation sites (N-methyl/N-ethyl adjacent to an activating group) is 1. The molecule has 1 unspecified atom stereocenters. The molecule has 2 aromatic rings. The number of amides is 2. The molecule has 0 aliphatic carbocycles. The fourth-order valence-corrected chi connectivity index (χ4v) is 3.55. The van der Waals surface area contributed by atoms with Gasteiger partial charge in [-0.05, 0) is 29.9 Å². The van der Waals surface area contributed by atoms with Crippen LogP contribution in [0.15, 0.2) is 22.8 Å². The molecule has 1 aliphatic rings. The molecule has 0 bridgehead atoms. The first-order valence-electron chi connectivity index (χ1n) is 8.95. The summed E-state index contributed by atoms with van der Waals surface area (Å²) in [6.07, 6.45) is 6.00. The Labute approximate surface area is 157 Å². The van der Waals surface area contributed by atoms with Crippen LogP contribution in [0.5, 0.6) is 5.19 Å². The molecule has 1 aliphatic heterocycles. The van der Waals surface area contributed by atoms with E-state index in [1.54, 1.807) is 23.1 Å². The van der Waals surface area contributed by atoms with Gasteiger partial charge in [0.25, 0.3) is 5.19 Å². The molecule has 8 nitrogen and oxygen atoms in total. The minimum absolute atomic E-state index is 0.104. The lowest BCUT2D eigenvalue weighted by atomic mass is 10.2. The number of furan rings is 1. The second kappa shape index (κ2) is 9.00. The SMILES string of the molecule is CCCCCCOc1nnc(N2C(=O)N(C)CC2NCc2ccco2)s1. The number of unbranched alkanes of at least 4 members (excludes halogenated alkanes) is 3. The lowest BCUT2D eigenvalue weighted by molar-refractivity contribution is 0.229. The molecule has 142 valence electrons. The van der Waals surface area contributed by atoms with E-state index in [0.29, 0.717) is 30.0 Å². The van der Waals surface area contributed by atoms with Gasteiger partial charge >= 0.3 is 6.03 Å². The van der Waals surface area contributed by atoms with Gasteiger partial charge in [0.05, 0.1) is 26.0 Å². The van der Waals surface area contributed by atoms with Crippen LogP contribution in [0.3, 0.4) is 0 Å². The van der Waals surface area contributed by atoms with Crippen LogP contribution in [0.4, 0.5) is 9.93 Å². The van der Waals surface area contributed by atoms with Crippen LogP contribution in [0.1, 0.15) is 38.4 Å². The second-order valence-corrected chi connectivity index (χ2v) is 7.19. The smallest absolute Gasteiger partial charge is 0.327 e.